The van der Waals surface area contributed by atoms with E-state index in [0.717, 1.165) is 77.8 Å². The number of ether oxygens (including phenoxy) is 1. The molecular weight excluding hydrogens is 316 g/mol. The standard InChI is InChI=1S/C20H34N2O3/c1-2-7-19(17-23)8-6-11-21(16-19)18(24)20(9-4-3-5-10-20)22-12-14-25-15-13-22/h2,23H,1,3-17H2/t19-/m0/s1. The maximum absolute atomic E-state index is 13.7. The Hall–Kier alpha value is -0.910. The van der Waals surface area contributed by atoms with Gasteiger partial charge in [0.2, 0.25) is 5.91 Å². The summed E-state index contributed by atoms with van der Waals surface area (Å²) in [6.45, 7) is 8.65. The van der Waals surface area contributed by atoms with Gasteiger partial charge in [-0.3, -0.25) is 9.69 Å². The Labute approximate surface area is 152 Å². The summed E-state index contributed by atoms with van der Waals surface area (Å²) in [7, 11) is 0. The van der Waals surface area contributed by atoms with Gasteiger partial charge in [0.25, 0.3) is 0 Å². The van der Waals surface area contributed by atoms with Crippen molar-refractivity contribution in [3.63, 3.8) is 0 Å². The first-order valence-corrected chi connectivity index (χ1v) is 10.00. The first kappa shape index (κ1) is 18.9. The molecule has 0 spiro atoms. The van der Waals surface area contributed by atoms with Crippen LogP contribution < -0.4 is 0 Å². The zero-order chi connectivity index (χ0) is 17.8. The molecule has 2 saturated heterocycles. The molecule has 0 aromatic carbocycles. The van der Waals surface area contributed by atoms with Crippen LogP contribution in [0.25, 0.3) is 0 Å². The van der Waals surface area contributed by atoms with Crippen LogP contribution in [0, 0.1) is 5.41 Å². The number of nitrogens with zero attached hydrogens (tertiary/aromatic N) is 2. The molecule has 3 fully saturated rings. The zero-order valence-corrected chi connectivity index (χ0v) is 15.5. The minimum absolute atomic E-state index is 0.132. The predicted octanol–water partition coefficient (Wildman–Crippen LogP) is 2.20. The van der Waals surface area contributed by atoms with Gasteiger partial charge in [-0.1, -0.05) is 25.3 Å². The van der Waals surface area contributed by atoms with Crippen molar-refractivity contribution in [2.75, 3.05) is 46.0 Å². The van der Waals surface area contributed by atoms with Crippen LogP contribution in [-0.4, -0.2) is 72.4 Å². The second-order valence-electron chi connectivity index (χ2n) is 8.17. The van der Waals surface area contributed by atoms with Gasteiger partial charge in [-0.25, -0.2) is 0 Å². The number of carbonyl (C=O) groups is 1. The van der Waals surface area contributed by atoms with Crippen molar-refractivity contribution < 1.29 is 14.6 Å². The Balaban J connectivity index is 1.80. The lowest BCUT2D eigenvalue weighted by Gasteiger charge is -2.51. The number of morpholine rings is 1. The highest BCUT2D eigenvalue weighted by atomic mass is 16.5. The molecule has 0 aromatic rings. The van der Waals surface area contributed by atoms with E-state index >= 15 is 0 Å². The highest BCUT2D eigenvalue weighted by molar-refractivity contribution is 5.86. The number of aliphatic hydroxyl groups is 1. The van der Waals surface area contributed by atoms with Gasteiger partial charge in [-0.05, 0) is 32.1 Å². The summed E-state index contributed by atoms with van der Waals surface area (Å²) in [6, 6.07) is 0. The van der Waals surface area contributed by atoms with Gasteiger partial charge in [0.1, 0.15) is 5.54 Å². The van der Waals surface area contributed by atoms with Crippen molar-refractivity contribution in [3.8, 4) is 0 Å². The molecular formula is C20H34N2O3. The molecule has 1 atom stereocenters. The second kappa shape index (κ2) is 8.19. The van der Waals surface area contributed by atoms with E-state index in [1.807, 2.05) is 6.08 Å². The van der Waals surface area contributed by atoms with Gasteiger partial charge in [-0.15, -0.1) is 6.58 Å². The summed E-state index contributed by atoms with van der Waals surface area (Å²) < 4.78 is 5.53. The van der Waals surface area contributed by atoms with E-state index in [1.54, 1.807) is 0 Å². The number of piperidine rings is 1. The van der Waals surface area contributed by atoms with Crippen LogP contribution in [0.15, 0.2) is 12.7 Å². The smallest absolute Gasteiger partial charge is 0.243 e. The third kappa shape index (κ3) is 3.79. The van der Waals surface area contributed by atoms with Crippen LogP contribution in [0.2, 0.25) is 0 Å². The molecule has 3 rings (SSSR count). The number of allylic oxidation sites excluding steroid dienone is 1. The predicted molar refractivity (Wildman–Crippen MR) is 98.4 cm³/mol. The monoisotopic (exact) mass is 350 g/mol. The number of amides is 1. The van der Waals surface area contributed by atoms with Gasteiger partial charge in [0, 0.05) is 31.6 Å². The molecule has 2 heterocycles. The number of carbonyl (C=O) groups excluding carboxylic acids is 1. The van der Waals surface area contributed by atoms with Gasteiger partial charge in [0.05, 0.1) is 19.8 Å². The molecule has 3 aliphatic rings. The second-order valence-corrected chi connectivity index (χ2v) is 8.17. The lowest BCUT2D eigenvalue weighted by Crippen LogP contribution is -2.64. The van der Waals surface area contributed by atoms with Crippen LogP contribution in [0.1, 0.15) is 51.4 Å². The van der Waals surface area contributed by atoms with Crippen molar-refractivity contribution in [1.29, 1.82) is 0 Å². The molecule has 25 heavy (non-hydrogen) atoms. The molecule has 0 bridgehead atoms. The van der Waals surface area contributed by atoms with Gasteiger partial charge in [0.15, 0.2) is 0 Å². The minimum Gasteiger partial charge on any atom is -0.396 e. The van der Waals surface area contributed by atoms with Crippen LogP contribution in [-0.2, 0) is 9.53 Å². The van der Waals surface area contributed by atoms with E-state index in [-0.39, 0.29) is 17.6 Å². The third-order valence-electron chi connectivity index (χ3n) is 6.56. The van der Waals surface area contributed by atoms with Crippen LogP contribution >= 0.6 is 0 Å². The normalized spacial score (nSPS) is 30.8. The molecule has 142 valence electrons. The fourth-order valence-electron chi connectivity index (χ4n) is 5.14. The van der Waals surface area contributed by atoms with Crippen LogP contribution in [0.5, 0.6) is 0 Å². The number of aliphatic hydroxyl groups excluding tert-OH is 1. The number of hydrogen-bond acceptors (Lipinski definition) is 4. The maximum Gasteiger partial charge on any atom is 0.243 e. The van der Waals surface area contributed by atoms with Crippen molar-refractivity contribution >= 4 is 5.91 Å². The van der Waals surface area contributed by atoms with Crippen molar-refractivity contribution in [2.24, 2.45) is 5.41 Å². The van der Waals surface area contributed by atoms with Crippen molar-refractivity contribution in [2.45, 2.75) is 56.9 Å². The number of rotatable bonds is 5. The third-order valence-corrected chi connectivity index (χ3v) is 6.56. The SMILES string of the molecule is C=CC[C@]1(CO)CCCN(C(=O)C2(N3CCOCC3)CCCCC2)C1. The summed E-state index contributed by atoms with van der Waals surface area (Å²) in [5.74, 6) is 0.302. The van der Waals surface area contributed by atoms with E-state index in [4.69, 9.17) is 4.74 Å². The molecule has 0 unspecified atom stereocenters. The average molecular weight is 351 g/mol. The summed E-state index contributed by atoms with van der Waals surface area (Å²) >= 11 is 0. The maximum atomic E-state index is 13.7. The summed E-state index contributed by atoms with van der Waals surface area (Å²) in [5.41, 5.74) is -0.536. The van der Waals surface area contributed by atoms with Crippen LogP contribution in [0.4, 0.5) is 0 Å². The molecule has 5 nitrogen and oxygen atoms in total. The van der Waals surface area contributed by atoms with Gasteiger partial charge in [-0.2, -0.15) is 0 Å². The average Bonchev–Trinajstić information content (AvgIpc) is 2.69. The molecule has 5 heteroatoms. The van der Waals surface area contributed by atoms with Gasteiger partial charge >= 0.3 is 0 Å². The molecule has 2 aliphatic heterocycles. The Morgan fingerprint density at radius 3 is 2.44 bits per heavy atom. The molecule has 0 aromatic heterocycles. The fourth-order valence-corrected chi connectivity index (χ4v) is 5.14. The topological polar surface area (TPSA) is 53.0 Å². The van der Waals surface area contributed by atoms with E-state index in [2.05, 4.69) is 16.4 Å². The van der Waals surface area contributed by atoms with E-state index in [1.165, 1.54) is 6.42 Å². The van der Waals surface area contributed by atoms with E-state index in [9.17, 15) is 9.90 Å². The quantitative estimate of drug-likeness (QED) is 0.773. The molecule has 1 N–H and O–H groups in total. The van der Waals surface area contributed by atoms with Crippen molar-refractivity contribution in [3.05, 3.63) is 12.7 Å². The van der Waals surface area contributed by atoms with Gasteiger partial charge < -0.3 is 14.7 Å². The first-order valence-electron chi connectivity index (χ1n) is 10.00. The fraction of sp³-hybridized carbons (Fsp3) is 0.850. The zero-order valence-electron chi connectivity index (χ0n) is 15.5. The summed E-state index contributed by atoms with van der Waals surface area (Å²) in [6.07, 6.45) is 10.1. The van der Waals surface area contributed by atoms with Crippen molar-refractivity contribution in [1.82, 2.24) is 9.80 Å². The Morgan fingerprint density at radius 2 is 1.80 bits per heavy atom. The van der Waals surface area contributed by atoms with E-state index in [0.29, 0.717) is 12.5 Å². The Morgan fingerprint density at radius 1 is 1.08 bits per heavy atom. The lowest BCUT2D eigenvalue weighted by molar-refractivity contribution is -0.155. The summed E-state index contributed by atoms with van der Waals surface area (Å²) in [4.78, 5) is 18.2. The Kier molecular flexibility index (Phi) is 6.18. The largest absolute Gasteiger partial charge is 0.396 e. The number of likely N-dealkylation sites (tertiary alicyclic amines) is 1. The Bertz CT molecular complexity index is 470. The molecule has 0 radical (unpaired) electrons. The highest BCUT2D eigenvalue weighted by Gasteiger charge is 2.49. The van der Waals surface area contributed by atoms with Crippen LogP contribution in [0.3, 0.4) is 0 Å². The molecule has 1 aliphatic carbocycles. The lowest BCUT2D eigenvalue weighted by atomic mass is 9.75. The highest BCUT2D eigenvalue weighted by Crippen LogP contribution is 2.39. The molecule has 1 amide bonds. The minimum atomic E-state index is -0.339. The van der Waals surface area contributed by atoms with E-state index < -0.39 is 0 Å². The first-order chi connectivity index (χ1) is 12.2. The molecule has 1 saturated carbocycles. The summed E-state index contributed by atoms with van der Waals surface area (Å²) in [5, 5.41) is 9.98. The number of hydrogen-bond donors (Lipinski definition) is 1.